The van der Waals surface area contributed by atoms with E-state index in [0.717, 1.165) is 23.7 Å². The Morgan fingerprint density at radius 1 is 0.938 bits per heavy atom. The van der Waals surface area contributed by atoms with Crippen LogP contribution >= 0.6 is 15.9 Å². The third-order valence-electron chi connectivity index (χ3n) is 6.75. The monoisotopic (exact) mass is 496 g/mol. The van der Waals surface area contributed by atoms with Gasteiger partial charge in [-0.25, -0.2) is 4.79 Å². The molecule has 3 amide bonds. The smallest absolute Gasteiger partial charge is 0.338 e. The second-order valence-corrected chi connectivity index (χ2v) is 9.49. The molecule has 1 saturated heterocycles. The minimum absolute atomic E-state index is 0.118. The lowest BCUT2D eigenvalue weighted by Gasteiger charge is -2.19. The van der Waals surface area contributed by atoms with Crippen LogP contribution in [0.3, 0.4) is 0 Å². The van der Waals surface area contributed by atoms with Gasteiger partial charge in [-0.05, 0) is 79.6 Å². The molecule has 1 N–H and O–H groups in total. The Bertz CT molecular complexity index is 1070. The van der Waals surface area contributed by atoms with Gasteiger partial charge in [-0.1, -0.05) is 15.9 Å². The molecule has 7 nitrogen and oxygen atoms in total. The van der Waals surface area contributed by atoms with Crippen molar-refractivity contribution in [2.24, 2.45) is 23.7 Å². The van der Waals surface area contributed by atoms with Crippen molar-refractivity contribution in [3.05, 3.63) is 58.6 Å². The molecule has 0 spiro atoms. The molecule has 4 atom stereocenters. The number of fused-ring (bicyclic) bond motifs is 5. The number of imide groups is 1. The zero-order valence-electron chi connectivity index (χ0n) is 17.1. The Balaban J connectivity index is 1.20. The van der Waals surface area contributed by atoms with E-state index in [0.29, 0.717) is 23.2 Å². The Labute approximate surface area is 193 Å². The molecule has 0 aromatic heterocycles. The largest absolute Gasteiger partial charge is 0.452 e. The molecule has 5 rings (SSSR count). The molecule has 0 unspecified atom stereocenters. The van der Waals surface area contributed by atoms with E-state index in [9.17, 15) is 19.2 Å². The molecule has 1 aliphatic heterocycles. The van der Waals surface area contributed by atoms with E-state index >= 15 is 0 Å². The van der Waals surface area contributed by atoms with E-state index in [4.69, 9.17) is 4.74 Å². The van der Waals surface area contributed by atoms with Gasteiger partial charge in [0.25, 0.3) is 5.91 Å². The molecule has 8 heteroatoms. The molecule has 2 bridgehead atoms. The third kappa shape index (κ3) is 3.62. The average molecular weight is 497 g/mol. The van der Waals surface area contributed by atoms with Crippen molar-refractivity contribution in [1.82, 2.24) is 0 Å². The molecule has 2 saturated carbocycles. The molecule has 2 aromatic carbocycles. The Hall–Kier alpha value is -3.00. The van der Waals surface area contributed by atoms with Crippen LogP contribution in [-0.2, 0) is 19.1 Å². The molecule has 1 heterocycles. The standard InChI is InChI=1S/C24H21BrN2O5/c25-16-5-7-17(8-6-16)26-19(28)12-32-24(31)13-3-9-18(10-4-13)27-22(29)20-14-1-2-15(11-14)21(20)23(27)30/h3-10,14-15,20-21H,1-2,11-12H2,(H,26,28)/t14-,15-,20-,21-/m0/s1. The predicted molar refractivity (Wildman–Crippen MR) is 120 cm³/mol. The lowest BCUT2D eigenvalue weighted by Crippen LogP contribution is -2.32. The van der Waals surface area contributed by atoms with E-state index < -0.39 is 18.5 Å². The van der Waals surface area contributed by atoms with Crippen LogP contribution in [0.5, 0.6) is 0 Å². The van der Waals surface area contributed by atoms with Gasteiger partial charge in [0, 0.05) is 10.2 Å². The Morgan fingerprint density at radius 3 is 2.12 bits per heavy atom. The molecule has 2 aliphatic carbocycles. The zero-order valence-corrected chi connectivity index (χ0v) is 18.7. The van der Waals surface area contributed by atoms with Crippen LogP contribution in [-0.4, -0.2) is 30.3 Å². The summed E-state index contributed by atoms with van der Waals surface area (Å²) < 4.78 is 5.97. The summed E-state index contributed by atoms with van der Waals surface area (Å²) in [6.07, 6.45) is 3.04. The second kappa shape index (κ2) is 8.16. The van der Waals surface area contributed by atoms with E-state index in [1.807, 2.05) is 0 Å². The SMILES string of the molecule is O=C(COC(=O)c1ccc(N2C(=O)[C@H]3[C@H]4CC[C@@H](C4)[C@@H]3C2=O)cc1)Nc1ccc(Br)cc1. The number of halogens is 1. The van der Waals surface area contributed by atoms with Gasteiger partial charge in [0.05, 0.1) is 23.1 Å². The molecular weight excluding hydrogens is 476 g/mol. The van der Waals surface area contributed by atoms with Crippen molar-refractivity contribution in [2.45, 2.75) is 19.3 Å². The van der Waals surface area contributed by atoms with Crippen LogP contribution in [0, 0.1) is 23.7 Å². The van der Waals surface area contributed by atoms with Gasteiger partial charge in [0.2, 0.25) is 11.8 Å². The van der Waals surface area contributed by atoms with E-state index in [-0.39, 0.29) is 29.2 Å². The number of carbonyl (C=O) groups is 4. The van der Waals surface area contributed by atoms with Crippen molar-refractivity contribution in [3.63, 3.8) is 0 Å². The quantitative estimate of drug-likeness (QED) is 0.502. The van der Waals surface area contributed by atoms with Gasteiger partial charge in [-0.2, -0.15) is 0 Å². The Kier molecular flexibility index (Phi) is 5.33. The summed E-state index contributed by atoms with van der Waals surface area (Å²) >= 11 is 3.32. The summed E-state index contributed by atoms with van der Waals surface area (Å²) in [7, 11) is 0. The highest BCUT2D eigenvalue weighted by atomic mass is 79.9. The number of carbonyl (C=O) groups excluding carboxylic acids is 4. The minimum atomic E-state index is -0.656. The first-order valence-electron chi connectivity index (χ1n) is 10.6. The number of ether oxygens (including phenoxy) is 1. The summed E-state index contributed by atoms with van der Waals surface area (Å²) in [4.78, 5) is 51.4. The number of benzene rings is 2. The molecule has 2 aromatic rings. The maximum absolute atomic E-state index is 12.9. The predicted octanol–water partition coefficient (Wildman–Crippen LogP) is 3.78. The molecule has 3 aliphatic rings. The van der Waals surface area contributed by atoms with E-state index in [1.165, 1.54) is 17.0 Å². The molecular formula is C24H21BrN2O5. The van der Waals surface area contributed by atoms with Crippen molar-refractivity contribution in [2.75, 3.05) is 16.8 Å². The fourth-order valence-corrected chi connectivity index (χ4v) is 5.62. The topological polar surface area (TPSA) is 92.8 Å². The number of nitrogens with one attached hydrogen (secondary N) is 1. The zero-order chi connectivity index (χ0) is 22.4. The number of nitrogens with zero attached hydrogens (tertiary/aromatic N) is 1. The summed E-state index contributed by atoms with van der Waals surface area (Å²) in [5.74, 6) is -1.07. The van der Waals surface area contributed by atoms with Crippen molar-refractivity contribution >= 4 is 51.0 Å². The number of esters is 1. The molecule has 164 valence electrons. The average Bonchev–Trinajstić information content (AvgIpc) is 3.47. The number of hydrogen-bond acceptors (Lipinski definition) is 5. The Morgan fingerprint density at radius 2 is 1.53 bits per heavy atom. The maximum atomic E-state index is 12.9. The van der Waals surface area contributed by atoms with Crippen LogP contribution in [0.1, 0.15) is 29.6 Å². The van der Waals surface area contributed by atoms with Gasteiger partial charge >= 0.3 is 5.97 Å². The number of hydrogen-bond donors (Lipinski definition) is 1. The normalized spacial score (nSPS) is 25.7. The van der Waals surface area contributed by atoms with Crippen LogP contribution in [0.15, 0.2) is 53.0 Å². The lowest BCUT2D eigenvalue weighted by molar-refractivity contribution is -0.123. The van der Waals surface area contributed by atoms with Crippen molar-refractivity contribution < 1.29 is 23.9 Å². The van der Waals surface area contributed by atoms with Gasteiger partial charge < -0.3 is 10.1 Å². The summed E-state index contributed by atoms with van der Waals surface area (Å²) in [5.41, 5.74) is 1.31. The van der Waals surface area contributed by atoms with Crippen molar-refractivity contribution in [1.29, 1.82) is 0 Å². The highest BCUT2D eigenvalue weighted by Crippen LogP contribution is 2.56. The number of rotatable bonds is 5. The summed E-state index contributed by atoms with van der Waals surface area (Å²) in [6, 6.07) is 13.2. The third-order valence-corrected chi connectivity index (χ3v) is 7.28. The van der Waals surface area contributed by atoms with Gasteiger partial charge in [-0.3, -0.25) is 19.3 Å². The van der Waals surface area contributed by atoms with Gasteiger partial charge in [0.1, 0.15) is 0 Å². The van der Waals surface area contributed by atoms with E-state index in [1.54, 1.807) is 36.4 Å². The highest BCUT2D eigenvalue weighted by Gasteiger charge is 2.61. The van der Waals surface area contributed by atoms with E-state index in [2.05, 4.69) is 21.2 Å². The summed E-state index contributed by atoms with van der Waals surface area (Å²) in [6.45, 7) is -0.425. The number of anilines is 2. The summed E-state index contributed by atoms with van der Waals surface area (Å²) in [5, 5.41) is 2.64. The van der Waals surface area contributed by atoms with Crippen LogP contribution in [0.25, 0.3) is 0 Å². The highest BCUT2D eigenvalue weighted by molar-refractivity contribution is 9.10. The first kappa shape index (κ1) is 20.9. The van der Waals surface area contributed by atoms with Gasteiger partial charge in [-0.15, -0.1) is 0 Å². The van der Waals surface area contributed by atoms with Gasteiger partial charge in [0.15, 0.2) is 6.61 Å². The van der Waals surface area contributed by atoms with Crippen molar-refractivity contribution in [3.8, 4) is 0 Å². The van der Waals surface area contributed by atoms with Crippen LogP contribution in [0.4, 0.5) is 11.4 Å². The molecule has 3 fully saturated rings. The van der Waals surface area contributed by atoms with Crippen LogP contribution in [0.2, 0.25) is 0 Å². The minimum Gasteiger partial charge on any atom is -0.452 e. The number of amides is 3. The first-order valence-corrected chi connectivity index (χ1v) is 11.4. The fraction of sp³-hybridized carbons (Fsp3) is 0.333. The molecule has 0 radical (unpaired) electrons. The van der Waals surface area contributed by atoms with Crippen LogP contribution < -0.4 is 10.2 Å². The second-order valence-electron chi connectivity index (χ2n) is 8.57. The lowest BCUT2D eigenvalue weighted by atomic mass is 9.81. The molecule has 32 heavy (non-hydrogen) atoms. The first-order chi connectivity index (χ1) is 15.4. The maximum Gasteiger partial charge on any atom is 0.338 e. The fourth-order valence-electron chi connectivity index (χ4n) is 5.35.